The van der Waals surface area contributed by atoms with Crippen LogP contribution in [0.3, 0.4) is 0 Å². The van der Waals surface area contributed by atoms with Crippen molar-refractivity contribution in [3.05, 3.63) is 41.6 Å². The standard InChI is InChI=1S/C10H14BrNO2S.C5H4Br2S.C5H11NO2/c1-3-14-7(2)10(13)12-4-8-5-15-6-9(8)11;6-1-4-2-8-3-5(4)7;1-3-8-4(2)5(6)7/h5-7H,3-4H2,1-2H3,(H,12,13);2-3H,1H2;4H,3H2,1-2H3,(H2,6,7). The van der Waals surface area contributed by atoms with Crippen molar-refractivity contribution >= 4 is 82.3 Å². The first-order valence-electron chi connectivity index (χ1n) is 9.45. The minimum Gasteiger partial charge on any atom is -0.369 e. The van der Waals surface area contributed by atoms with E-state index in [4.69, 9.17) is 15.2 Å². The fraction of sp³-hybridized carbons (Fsp3) is 0.500. The number of rotatable bonds is 9. The third-order valence-electron chi connectivity index (χ3n) is 3.58. The number of hydrogen-bond donors (Lipinski definition) is 2. The molecule has 0 bridgehead atoms. The van der Waals surface area contributed by atoms with Gasteiger partial charge in [-0.15, -0.1) is 0 Å². The molecule has 0 saturated heterocycles. The van der Waals surface area contributed by atoms with E-state index < -0.39 is 12.0 Å². The van der Waals surface area contributed by atoms with Crippen LogP contribution in [-0.4, -0.2) is 37.2 Å². The average Bonchev–Trinajstić information content (AvgIpc) is 3.34. The summed E-state index contributed by atoms with van der Waals surface area (Å²) >= 11 is 13.5. The number of alkyl halides is 1. The molecular weight excluding hydrogens is 636 g/mol. The summed E-state index contributed by atoms with van der Waals surface area (Å²) in [4.78, 5) is 21.7. The summed E-state index contributed by atoms with van der Waals surface area (Å²) in [5.74, 6) is -0.484. The zero-order chi connectivity index (χ0) is 23.8. The quantitative estimate of drug-likeness (QED) is 0.329. The van der Waals surface area contributed by atoms with Gasteiger partial charge in [-0.25, -0.2) is 0 Å². The van der Waals surface area contributed by atoms with E-state index in [1.54, 1.807) is 36.5 Å². The molecule has 3 N–H and O–H groups in total. The van der Waals surface area contributed by atoms with Gasteiger partial charge in [0.15, 0.2) is 0 Å². The highest BCUT2D eigenvalue weighted by Crippen LogP contribution is 2.23. The van der Waals surface area contributed by atoms with Crippen LogP contribution in [0.2, 0.25) is 0 Å². The number of thiophene rings is 2. The Hall–Kier alpha value is -0.300. The maximum Gasteiger partial charge on any atom is 0.249 e. The fourth-order valence-corrected chi connectivity index (χ4v) is 5.76. The molecule has 0 spiro atoms. The molecule has 2 amide bonds. The lowest BCUT2D eigenvalue weighted by Gasteiger charge is -2.11. The highest BCUT2D eigenvalue weighted by Gasteiger charge is 2.12. The van der Waals surface area contributed by atoms with Gasteiger partial charge in [0.1, 0.15) is 12.2 Å². The number of amides is 2. The minimum atomic E-state index is -0.444. The summed E-state index contributed by atoms with van der Waals surface area (Å²) in [7, 11) is 0. The highest BCUT2D eigenvalue weighted by atomic mass is 79.9. The Balaban J connectivity index is 0.000000477. The zero-order valence-electron chi connectivity index (χ0n) is 18.0. The molecule has 11 heteroatoms. The van der Waals surface area contributed by atoms with Gasteiger partial charge in [0, 0.05) is 44.8 Å². The van der Waals surface area contributed by atoms with Crippen molar-refractivity contribution in [2.24, 2.45) is 5.73 Å². The van der Waals surface area contributed by atoms with Gasteiger partial charge in [0.05, 0.1) is 0 Å². The molecule has 0 aliphatic rings. The van der Waals surface area contributed by atoms with Crippen LogP contribution in [0, 0.1) is 0 Å². The summed E-state index contributed by atoms with van der Waals surface area (Å²) in [6, 6.07) is 0. The molecule has 31 heavy (non-hydrogen) atoms. The average molecular weight is 665 g/mol. The Morgan fingerprint density at radius 1 is 0.968 bits per heavy atom. The van der Waals surface area contributed by atoms with Crippen molar-refractivity contribution in [2.45, 2.75) is 51.8 Å². The van der Waals surface area contributed by atoms with E-state index in [2.05, 4.69) is 63.9 Å². The van der Waals surface area contributed by atoms with Crippen LogP contribution in [0.4, 0.5) is 0 Å². The van der Waals surface area contributed by atoms with E-state index in [1.165, 1.54) is 10.0 Å². The van der Waals surface area contributed by atoms with E-state index in [-0.39, 0.29) is 12.0 Å². The summed E-state index contributed by atoms with van der Waals surface area (Å²) in [5, 5.41) is 12.0. The first kappa shape index (κ1) is 30.7. The van der Waals surface area contributed by atoms with Gasteiger partial charge < -0.3 is 20.5 Å². The van der Waals surface area contributed by atoms with Crippen molar-refractivity contribution in [2.75, 3.05) is 13.2 Å². The van der Waals surface area contributed by atoms with E-state index in [0.29, 0.717) is 19.8 Å². The maximum atomic E-state index is 11.5. The monoisotopic (exact) mass is 662 g/mol. The molecule has 0 radical (unpaired) electrons. The normalized spacial score (nSPS) is 12.0. The lowest BCUT2D eigenvalue weighted by Crippen LogP contribution is -2.34. The van der Waals surface area contributed by atoms with E-state index >= 15 is 0 Å². The molecule has 0 aliphatic heterocycles. The molecule has 2 aromatic rings. The number of ether oxygens (including phenoxy) is 2. The van der Waals surface area contributed by atoms with Crippen LogP contribution in [-0.2, 0) is 30.9 Å². The summed E-state index contributed by atoms with van der Waals surface area (Å²) in [5.41, 5.74) is 7.28. The third-order valence-corrected chi connectivity index (χ3v) is 7.85. The molecule has 2 heterocycles. The Labute approximate surface area is 217 Å². The second-order valence-corrected chi connectivity index (χ2v) is 9.70. The Morgan fingerprint density at radius 2 is 1.45 bits per heavy atom. The van der Waals surface area contributed by atoms with Gasteiger partial charge in [-0.2, -0.15) is 22.7 Å². The molecule has 0 aromatic carbocycles. The van der Waals surface area contributed by atoms with Gasteiger partial charge in [0.25, 0.3) is 0 Å². The molecule has 2 atom stereocenters. The molecule has 2 rings (SSSR count). The molecule has 176 valence electrons. The first-order chi connectivity index (χ1) is 14.7. The molecule has 6 nitrogen and oxygen atoms in total. The van der Waals surface area contributed by atoms with Crippen LogP contribution in [0.5, 0.6) is 0 Å². The third kappa shape index (κ3) is 13.8. The molecular formula is C20H29Br3N2O4S2. The zero-order valence-corrected chi connectivity index (χ0v) is 24.3. The van der Waals surface area contributed by atoms with E-state index in [9.17, 15) is 9.59 Å². The summed E-state index contributed by atoms with van der Waals surface area (Å²) in [6.45, 7) is 8.70. The van der Waals surface area contributed by atoms with Crippen LogP contribution in [0.1, 0.15) is 38.8 Å². The van der Waals surface area contributed by atoms with E-state index in [1.807, 2.05) is 24.6 Å². The lowest BCUT2D eigenvalue weighted by atomic mass is 10.3. The largest absolute Gasteiger partial charge is 0.369 e. The number of nitrogens with two attached hydrogens (primary N) is 1. The number of hydrogen-bond acceptors (Lipinski definition) is 6. The van der Waals surface area contributed by atoms with Crippen LogP contribution in [0.25, 0.3) is 0 Å². The van der Waals surface area contributed by atoms with Gasteiger partial charge >= 0.3 is 0 Å². The second kappa shape index (κ2) is 18.2. The van der Waals surface area contributed by atoms with Crippen LogP contribution >= 0.6 is 70.5 Å². The number of primary amides is 1. The summed E-state index contributed by atoms with van der Waals surface area (Å²) < 4.78 is 12.3. The van der Waals surface area contributed by atoms with Gasteiger partial charge in [0.2, 0.25) is 11.8 Å². The maximum absolute atomic E-state index is 11.5. The predicted molar refractivity (Wildman–Crippen MR) is 140 cm³/mol. The lowest BCUT2D eigenvalue weighted by molar-refractivity contribution is -0.131. The van der Waals surface area contributed by atoms with Gasteiger partial charge in [-0.3, -0.25) is 9.59 Å². The minimum absolute atomic E-state index is 0.0741. The van der Waals surface area contributed by atoms with Crippen LogP contribution < -0.4 is 11.1 Å². The molecule has 2 unspecified atom stereocenters. The predicted octanol–water partition coefficient (Wildman–Crippen LogP) is 5.85. The Morgan fingerprint density at radius 3 is 1.77 bits per heavy atom. The molecule has 0 fully saturated rings. The first-order valence-corrected chi connectivity index (χ1v) is 14.0. The molecule has 0 saturated carbocycles. The van der Waals surface area contributed by atoms with Gasteiger partial charge in [-0.05, 0) is 81.4 Å². The smallest absolute Gasteiger partial charge is 0.249 e. The number of carbonyl (C=O) groups is 2. The number of nitrogens with one attached hydrogen (secondary N) is 1. The highest BCUT2D eigenvalue weighted by molar-refractivity contribution is 9.11. The SMILES string of the molecule is BrCc1cscc1Br.CCOC(C)C(=O)NCc1cscc1Br.CCOC(C)C(N)=O. The molecule has 0 aliphatic carbocycles. The van der Waals surface area contributed by atoms with Crippen molar-refractivity contribution in [1.82, 2.24) is 5.32 Å². The van der Waals surface area contributed by atoms with Crippen molar-refractivity contribution in [1.29, 1.82) is 0 Å². The van der Waals surface area contributed by atoms with Crippen molar-refractivity contribution in [3.8, 4) is 0 Å². The topological polar surface area (TPSA) is 90.7 Å². The Kier molecular flexibility index (Phi) is 18.0. The van der Waals surface area contributed by atoms with Gasteiger partial charge in [-0.1, -0.05) is 15.9 Å². The van der Waals surface area contributed by atoms with E-state index in [0.717, 1.165) is 15.4 Å². The number of halogens is 3. The number of carbonyl (C=O) groups excluding carboxylic acids is 2. The van der Waals surface area contributed by atoms with Crippen LogP contribution in [0.15, 0.2) is 30.5 Å². The fourth-order valence-electron chi connectivity index (χ4n) is 1.82. The molecule has 2 aromatic heterocycles. The summed E-state index contributed by atoms with van der Waals surface area (Å²) in [6.07, 6.45) is -0.826. The second-order valence-electron chi connectivity index (χ2n) is 5.94. The van der Waals surface area contributed by atoms with Crippen molar-refractivity contribution in [3.63, 3.8) is 0 Å². The van der Waals surface area contributed by atoms with Crippen molar-refractivity contribution < 1.29 is 19.1 Å². The Bertz CT molecular complexity index is 771.